The Balaban J connectivity index is 1.77. The maximum absolute atomic E-state index is 13.1. The Hall–Kier alpha value is -2.67. The highest BCUT2D eigenvalue weighted by atomic mass is 16.3. The Bertz CT molecular complexity index is 945. The Morgan fingerprint density at radius 2 is 2.30 bits per heavy atom. The lowest BCUT2D eigenvalue weighted by Crippen LogP contribution is -2.40. The summed E-state index contributed by atoms with van der Waals surface area (Å²) in [5, 5.41) is 8.38. The Kier molecular flexibility index (Phi) is 4.70. The Morgan fingerprint density at radius 3 is 3.00 bits per heavy atom. The lowest BCUT2D eigenvalue weighted by atomic mass is 10.0. The molecule has 0 saturated heterocycles. The van der Waals surface area contributed by atoms with Crippen LogP contribution < -0.4 is 11.1 Å². The van der Waals surface area contributed by atoms with Crippen molar-refractivity contribution in [2.75, 3.05) is 6.54 Å². The first-order valence-electron chi connectivity index (χ1n) is 9.51. The van der Waals surface area contributed by atoms with Crippen LogP contribution in [0.3, 0.4) is 0 Å². The second kappa shape index (κ2) is 7.15. The molecule has 27 heavy (non-hydrogen) atoms. The lowest BCUT2D eigenvalue weighted by molar-refractivity contribution is 0.0930. The fourth-order valence-electron chi connectivity index (χ4n) is 3.89. The van der Waals surface area contributed by atoms with E-state index in [4.69, 9.17) is 15.1 Å². The minimum Gasteiger partial charge on any atom is -0.463 e. The molecule has 7 nitrogen and oxygen atoms in total. The zero-order valence-corrected chi connectivity index (χ0v) is 15.7. The summed E-state index contributed by atoms with van der Waals surface area (Å²) in [7, 11) is 0. The molecule has 7 heteroatoms. The topological polar surface area (TPSA) is 99.0 Å². The minimum absolute atomic E-state index is 0.108. The van der Waals surface area contributed by atoms with Gasteiger partial charge in [0.05, 0.1) is 23.4 Å². The number of fused-ring (bicyclic) bond motifs is 1. The number of carbonyl (C=O) groups excluding carboxylic acids is 1. The van der Waals surface area contributed by atoms with E-state index in [1.54, 1.807) is 18.5 Å². The van der Waals surface area contributed by atoms with Crippen molar-refractivity contribution in [3.63, 3.8) is 0 Å². The number of furan rings is 1. The molecule has 3 N–H and O–H groups in total. The predicted octanol–water partition coefficient (Wildman–Crippen LogP) is 3.13. The van der Waals surface area contributed by atoms with Crippen molar-refractivity contribution in [2.24, 2.45) is 11.7 Å². The van der Waals surface area contributed by atoms with Gasteiger partial charge in [0.1, 0.15) is 5.69 Å². The number of aromatic nitrogens is 3. The molecule has 0 aliphatic heterocycles. The number of nitrogens with two attached hydrogens (primary N) is 1. The predicted molar refractivity (Wildman–Crippen MR) is 103 cm³/mol. The highest BCUT2D eigenvalue weighted by molar-refractivity contribution is 6.06. The Morgan fingerprint density at radius 1 is 1.44 bits per heavy atom. The van der Waals surface area contributed by atoms with Crippen molar-refractivity contribution in [3.8, 4) is 11.5 Å². The van der Waals surface area contributed by atoms with E-state index in [0.717, 1.165) is 24.6 Å². The van der Waals surface area contributed by atoms with Crippen LogP contribution >= 0.6 is 0 Å². The number of carbonyl (C=O) groups is 1. The van der Waals surface area contributed by atoms with Gasteiger partial charge in [0, 0.05) is 12.1 Å². The monoisotopic (exact) mass is 367 g/mol. The van der Waals surface area contributed by atoms with Crippen molar-refractivity contribution in [2.45, 2.75) is 45.2 Å². The zero-order valence-electron chi connectivity index (χ0n) is 15.7. The molecular formula is C20H25N5O2. The first kappa shape index (κ1) is 17.7. The van der Waals surface area contributed by atoms with Gasteiger partial charge in [0.2, 0.25) is 0 Å². The molecule has 0 aromatic carbocycles. The molecule has 3 aromatic heterocycles. The number of hydrogen-bond donors (Lipinski definition) is 2. The van der Waals surface area contributed by atoms with E-state index < -0.39 is 0 Å². The molecule has 0 bridgehead atoms. The van der Waals surface area contributed by atoms with Crippen molar-refractivity contribution in [1.82, 2.24) is 20.1 Å². The number of nitrogens with zero attached hydrogens (tertiary/aromatic N) is 3. The van der Waals surface area contributed by atoms with Crippen LogP contribution in [-0.2, 0) is 0 Å². The highest BCUT2D eigenvalue weighted by Crippen LogP contribution is 2.28. The van der Waals surface area contributed by atoms with Gasteiger partial charge in [0.15, 0.2) is 11.4 Å². The molecule has 3 aromatic rings. The van der Waals surface area contributed by atoms with E-state index in [0.29, 0.717) is 35.1 Å². The van der Waals surface area contributed by atoms with Crippen molar-refractivity contribution < 1.29 is 9.21 Å². The van der Waals surface area contributed by atoms with Gasteiger partial charge in [-0.05, 0) is 57.4 Å². The van der Waals surface area contributed by atoms with Crippen LogP contribution in [0.1, 0.15) is 49.5 Å². The SMILES string of the molecule is CC(C)n1ncc2c(C(=O)NC3CCCC3CN)cc(-c3ccco3)nc21. The number of nitrogens with one attached hydrogen (secondary N) is 1. The van der Waals surface area contributed by atoms with Gasteiger partial charge in [-0.2, -0.15) is 5.10 Å². The third-order valence-corrected chi connectivity index (χ3v) is 5.35. The van der Waals surface area contributed by atoms with Crippen molar-refractivity contribution in [1.29, 1.82) is 0 Å². The number of pyridine rings is 1. The van der Waals surface area contributed by atoms with Crippen LogP contribution in [-0.4, -0.2) is 33.3 Å². The van der Waals surface area contributed by atoms with Gasteiger partial charge in [-0.15, -0.1) is 0 Å². The average molecular weight is 367 g/mol. The van der Waals surface area contributed by atoms with E-state index in [2.05, 4.69) is 10.4 Å². The molecule has 142 valence electrons. The van der Waals surface area contributed by atoms with E-state index in [1.807, 2.05) is 30.7 Å². The summed E-state index contributed by atoms with van der Waals surface area (Å²) in [6.45, 7) is 4.68. The van der Waals surface area contributed by atoms with E-state index in [1.165, 1.54) is 0 Å². The number of hydrogen-bond acceptors (Lipinski definition) is 5. The second-order valence-corrected chi connectivity index (χ2v) is 7.46. The Labute approximate surface area is 157 Å². The van der Waals surface area contributed by atoms with Crippen LogP contribution in [0, 0.1) is 5.92 Å². The molecule has 1 amide bonds. The zero-order chi connectivity index (χ0) is 19.0. The van der Waals surface area contributed by atoms with Gasteiger partial charge in [0.25, 0.3) is 5.91 Å². The van der Waals surface area contributed by atoms with E-state index in [-0.39, 0.29) is 18.0 Å². The fraction of sp³-hybridized carbons (Fsp3) is 0.450. The number of rotatable bonds is 5. The lowest BCUT2D eigenvalue weighted by Gasteiger charge is -2.20. The average Bonchev–Trinajstić information content (AvgIpc) is 3.40. The van der Waals surface area contributed by atoms with Crippen LogP contribution in [0.5, 0.6) is 0 Å². The van der Waals surface area contributed by atoms with Gasteiger partial charge in [-0.3, -0.25) is 4.79 Å². The first-order chi connectivity index (χ1) is 13.1. The molecule has 1 aliphatic carbocycles. The van der Waals surface area contributed by atoms with Crippen LogP contribution in [0.4, 0.5) is 0 Å². The molecule has 1 saturated carbocycles. The minimum atomic E-state index is -0.108. The fourth-order valence-corrected chi connectivity index (χ4v) is 3.89. The quantitative estimate of drug-likeness (QED) is 0.722. The van der Waals surface area contributed by atoms with Crippen molar-refractivity contribution in [3.05, 3.63) is 36.2 Å². The van der Waals surface area contributed by atoms with Crippen LogP contribution in [0.2, 0.25) is 0 Å². The van der Waals surface area contributed by atoms with Crippen molar-refractivity contribution >= 4 is 16.9 Å². The highest BCUT2D eigenvalue weighted by Gasteiger charge is 2.29. The largest absolute Gasteiger partial charge is 0.463 e. The molecule has 1 fully saturated rings. The maximum Gasteiger partial charge on any atom is 0.252 e. The third kappa shape index (κ3) is 3.23. The summed E-state index contributed by atoms with van der Waals surface area (Å²) in [6.07, 6.45) is 6.46. The molecule has 3 heterocycles. The molecular weight excluding hydrogens is 342 g/mol. The molecule has 2 atom stereocenters. The third-order valence-electron chi connectivity index (χ3n) is 5.35. The normalized spacial score (nSPS) is 19.9. The van der Waals surface area contributed by atoms with Gasteiger partial charge in [-0.1, -0.05) is 6.42 Å². The summed E-state index contributed by atoms with van der Waals surface area (Å²) >= 11 is 0. The molecule has 0 spiro atoms. The standard InChI is InChI=1S/C20H25N5O2/c1-12(2)25-19-15(11-22-25)14(9-17(23-19)18-7-4-8-27-18)20(26)24-16-6-3-5-13(16)10-21/h4,7-9,11-13,16H,3,5-6,10,21H2,1-2H3,(H,24,26). The van der Waals surface area contributed by atoms with Gasteiger partial charge < -0.3 is 15.5 Å². The first-order valence-corrected chi connectivity index (χ1v) is 9.51. The van der Waals surface area contributed by atoms with E-state index in [9.17, 15) is 4.79 Å². The molecule has 4 rings (SSSR count). The number of amides is 1. The van der Waals surface area contributed by atoms with Gasteiger partial charge >= 0.3 is 0 Å². The van der Waals surface area contributed by atoms with Crippen LogP contribution in [0.25, 0.3) is 22.5 Å². The smallest absolute Gasteiger partial charge is 0.252 e. The summed E-state index contributed by atoms with van der Waals surface area (Å²) in [5.41, 5.74) is 7.75. The molecule has 0 radical (unpaired) electrons. The summed E-state index contributed by atoms with van der Waals surface area (Å²) in [5.74, 6) is 0.862. The summed E-state index contributed by atoms with van der Waals surface area (Å²) < 4.78 is 7.34. The molecule has 1 aliphatic rings. The van der Waals surface area contributed by atoms with Crippen LogP contribution in [0.15, 0.2) is 35.1 Å². The second-order valence-electron chi connectivity index (χ2n) is 7.46. The van der Waals surface area contributed by atoms with Gasteiger partial charge in [-0.25, -0.2) is 9.67 Å². The molecule has 2 unspecified atom stereocenters. The maximum atomic E-state index is 13.1. The summed E-state index contributed by atoms with van der Waals surface area (Å²) in [6, 6.07) is 5.69. The summed E-state index contributed by atoms with van der Waals surface area (Å²) in [4.78, 5) is 17.8. The van der Waals surface area contributed by atoms with E-state index >= 15 is 0 Å².